The molecule has 0 N–H and O–H groups in total. The lowest BCUT2D eigenvalue weighted by Gasteiger charge is -2.00. The molecule has 0 aliphatic rings. The molecule has 0 aromatic carbocycles. The summed E-state index contributed by atoms with van der Waals surface area (Å²) in [4.78, 5) is 0. The summed E-state index contributed by atoms with van der Waals surface area (Å²) in [6.45, 7) is 4.20. The number of terminal acetylenes is 1. The van der Waals surface area contributed by atoms with E-state index in [1.54, 1.807) is 0 Å². The summed E-state index contributed by atoms with van der Waals surface area (Å²) < 4.78 is 0. The van der Waals surface area contributed by atoms with Gasteiger partial charge in [0.05, 0.1) is 0 Å². The zero-order valence-electron chi connectivity index (χ0n) is 6.05. The van der Waals surface area contributed by atoms with Crippen molar-refractivity contribution in [2.75, 3.05) is 5.75 Å². The number of rotatable bonds is 4. The maximum atomic E-state index is 5.18. The third-order valence-corrected chi connectivity index (χ3v) is 2.18. The van der Waals surface area contributed by atoms with Crippen molar-refractivity contribution >= 4 is 11.8 Å². The second-order valence-electron chi connectivity index (χ2n) is 1.98. The van der Waals surface area contributed by atoms with Gasteiger partial charge >= 0.3 is 0 Å². The van der Waals surface area contributed by atoms with E-state index < -0.39 is 0 Å². The summed E-state index contributed by atoms with van der Waals surface area (Å²) in [5.41, 5.74) is 0. The van der Waals surface area contributed by atoms with Crippen molar-refractivity contribution < 1.29 is 0 Å². The Bertz CT molecular complexity index is 91.2. The van der Waals surface area contributed by atoms with Crippen LogP contribution in [0.1, 0.15) is 20.3 Å². The fraction of sp³-hybridized carbons (Fsp3) is 0.625. The van der Waals surface area contributed by atoms with E-state index in [-0.39, 0.29) is 0 Å². The molecule has 1 heteroatoms. The minimum absolute atomic E-state index is 0.415. The van der Waals surface area contributed by atoms with E-state index in [1.165, 1.54) is 0 Å². The molecule has 1 atom stereocenters. The van der Waals surface area contributed by atoms with Gasteiger partial charge in [-0.2, -0.15) is 11.8 Å². The third-order valence-electron chi connectivity index (χ3n) is 0.915. The van der Waals surface area contributed by atoms with Gasteiger partial charge in [0.1, 0.15) is 0 Å². The summed E-state index contributed by atoms with van der Waals surface area (Å²) in [7, 11) is 0. The molecular formula is C8H13S. The largest absolute Gasteiger partial charge is 0.156 e. The molecule has 51 valence electrons. The van der Waals surface area contributed by atoms with Gasteiger partial charge in [-0.15, -0.1) is 12.3 Å². The van der Waals surface area contributed by atoms with Crippen LogP contribution >= 0.6 is 11.8 Å². The zero-order chi connectivity index (χ0) is 7.11. The molecule has 0 fully saturated rings. The van der Waals surface area contributed by atoms with Gasteiger partial charge in [-0.05, 0) is 6.42 Å². The zero-order valence-corrected chi connectivity index (χ0v) is 6.87. The van der Waals surface area contributed by atoms with E-state index in [1.807, 2.05) is 11.8 Å². The predicted octanol–water partition coefficient (Wildman–Crippen LogP) is 2.56. The summed E-state index contributed by atoms with van der Waals surface area (Å²) in [6, 6.07) is 0. The van der Waals surface area contributed by atoms with Gasteiger partial charge in [0, 0.05) is 17.4 Å². The fourth-order valence-corrected chi connectivity index (χ4v) is 1.14. The Balaban J connectivity index is 2.99. The van der Waals surface area contributed by atoms with Crippen LogP contribution in [0.3, 0.4) is 0 Å². The van der Waals surface area contributed by atoms with Crippen LogP contribution in [-0.4, -0.2) is 5.75 Å². The normalized spacial score (nSPS) is 12.6. The van der Waals surface area contributed by atoms with Crippen molar-refractivity contribution in [2.45, 2.75) is 20.3 Å². The van der Waals surface area contributed by atoms with E-state index in [0.29, 0.717) is 5.92 Å². The topological polar surface area (TPSA) is 0 Å². The molecule has 9 heavy (non-hydrogen) atoms. The van der Waals surface area contributed by atoms with Crippen LogP contribution in [0, 0.1) is 24.0 Å². The van der Waals surface area contributed by atoms with E-state index in [9.17, 15) is 0 Å². The van der Waals surface area contributed by atoms with E-state index in [4.69, 9.17) is 6.42 Å². The molecule has 0 bridgehead atoms. The fourth-order valence-electron chi connectivity index (χ4n) is 0.378. The van der Waals surface area contributed by atoms with Crippen molar-refractivity contribution in [3.63, 3.8) is 0 Å². The van der Waals surface area contributed by atoms with Crippen molar-refractivity contribution in [3.05, 3.63) is 5.75 Å². The van der Waals surface area contributed by atoms with Gasteiger partial charge < -0.3 is 0 Å². The third kappa shape index (κ3) is 5.79. The quantitative estimate of drug-likeness (QED) is 0.428. The lowest BCUT2D eigenvalue weighted by molar-refractivity contribution is 0.884. The van der Waals surface area contributed by atoms with Gasteiger partial charge in [0.2, 0.25) is 0 Å². The molecule has 0 aliphatic carbocycles. The van der Waals surface area contributed by atoms with Crippen LogP contribution in [0.4, 0.5) is 0 Å². The van der Waals surface area contributed by atoms with Gasteiger partial charge in [0.15, 0.2) is 0 Å². The first-order valence-corrected chi connectivity index (χ1v) is 4.25. The van der Waals surface area contributed by atoms with Crippen LogP contribution in [0.2, 0.25) is 0 Å². The standard InChI is InChI=1S/C8H13S/c1-4-6-9-7-8(3)5-2/h2,6,8H,4,7H2,1,3H3. The second kappa shape index (κ2) is 6.04. The SMILES string of the molecule is C#CC(C)CS[CH]CC. The Labute approximate surface area is 62.4 Å². The summed E-state index contributed by atoms with van der Waals surface area (Å²) in [6.07, 6.45) is 6.30. The molecule has 0 saturated heterocycles. The number of thioether (sulfide) groups is 1. The molecule has 0 saturated carbocycles. The van der Waals surface area contributed by atoms with Crippen molar-refractivity contribution in [2.24, 2.45) is 5.92 Å². The molecule has 0 rings (SSSR count). The minimum atomic E-state index is 0.415. The smallest absolute Gasteiger partial charge is 0.0262 e. The van der Waals surface area contributed by atoms with Crippen LogP contribution in [0.15, 0.2) is 0 Å². The predicted molar refractivity (Wildman–Crippen MR) is 45.0 cm³/mol. The second-order valence-corrected chi connectivity index (χ2v) is 2.98. The Morgan fingerprint density at radius 2 is 2.44 bits per heavy atom. The lowest BCUT2D eigenvalue weighted by Crippen LogP contribution is -1.92. The lowest BCUT2D eigenvalue weighted by atomic mass is 10.2. The number of hydrogen-bond donors (Lipinski definition) is 0. The molecular weight excluding hydrogens is 128 g/mol. The number of hydrogen-bond acceptors (Lipinski definition) is 1. The van der Waals surface area contributed by atoms with Gasteiger partial charge in [-0.3, -0.25) is 0 Å². The molecule has 1 radical (unpaired) electrons. The molecule has 0 aromatic heterocycles. The molecule has 1 unspecified atom stereocenters. The molecule has 0 aromatic rings. The monoisotopic (exact) mass is 141 g/mol. The highest BCUT2D eigenvalue weighted by Crippen LogP contribution is 2.11. The first-order chi connectivity index (χ1) is 4.31. The highest BCUT2D eigenvalue weighted by Gasteiger charge is 1.94. The first kappa shape index (κ1) is 8.91. The van der Waals surface area contributed by atoms with Crippen LogP contribution in [0.25, 0.3) is 0 Å². The van der Waals surface area contributed by atoms with Crippen LogP contribution in [0.5, 0.6) is 0 Å². The maximum Gasteiger partial charge on any atom is 0.0262 e. The van der Waals surface area contributed by atoms with E-state index >= 15 is 0 Å². The van der Waals surface area contributed by atoms with Gasteiger partial charge in [-0.25, -0.2) is 0 Å². The molecule has 0 nitrogen and oxygen atoms in total. The average Bonchev–Trinajstić information content (AvgIpc) is 1.89. The van der Waals surface area contributed by atoms with E-state index in [0.717, 1.165) is 12.2 Å². The van der Waals surface area contributed by atoms with Crippen LogP contribution in [-0.2, 0) is 0 Å². The Morgan fingerprint density at radius 3 is 2.89 bits per heavy atom. The molecule has 0 amide bonds. The van der Waals surface area contributed by atoms with Crippen molar-refractivity contribution in [1.29, 1.82) is 0 Å². The molecule has 0 aliphatic heterocycles. The van der Waals surface area contributed by atoms with Crippen molar-refractivity contribution in [3.8, 4) is 12.3 Å². The van der Waals surface area contributed by atoms with E-state index in [2.05, 4.69) is 25.5 Å². The summed E-state index contributed by atoms with van der Waals surface area (Å²) in [5, 5.41) is 0. The summed E-state index contributed by atoms with van der Waals surface area (Å²) in [5.74, 6) is 6.35. The highest BCUT2D eigenvalue weighted by atomic mass is 32.2. The Morgan fingerprint density at radius 1 is 1.78 bits per heavy atom. The molecule has 0 spiro atoms. The Hall–Kier alpha value is -0.0900. The maximum absolute atomic E-state index is 5.18. The first-order valence-electron chi connectivity index (χ1n) is 3.20. The van der Waals surface area contributed by atoms with Gasteiger partial charge in [0.25, 0.3) is 0 Å². The van der Waals surface area contributed by atoms with Crippen LogP contribution < -0.4 is 0 Å². The molecule has 0 heterocycles. The minimum Gasteiger partial charge on any atom is -0.156 e. The highest BCUT2D eigenvalue weighted by molar-refractivity contribution is 8.01. The average molecular weight is 141 g/mol. The summed E-state index contributed by atoms with van der Waals surface area (Å²) >= 11 is 1.82. The van der Waals surface area contributed by atoms with Gasteiger partial charge in [-0.1, -0.05) is 13.8 Å². The van der Waals surface area contributed by atoms with Crippen molar-refractivity contribution in [1.82, 2.24) is 0 Å². The Kier molecular flexibility index (Phi) is 5.98.